The van der Waals surface area contributed by atoms with Crippen molar-refractivity contribution in [2.45, 2.75) is 32.1 Å². The molecule has 0 spiro atoms. The third-order valence-electron chi connectivity index (χ3n) is 4.79. The lowest BCUT2D eigenvalue weighted by Crippen LogP contribution is -2.35. The van der Waals surface area contributed by atoms with Gasteiger partial charge in [0.15, 0.2) is 0 Å². The summed E-state index contributed by atoms with van der Waals surface area (Å²) in [6, 6.07) is 11.8. The minimum Gasteiger partial charge on any atom is -0.481 e. The first-order chi connectivity index (χ1) is 12.1. The number of carboxylic acid groups (broad SMARTS) is 1. The number of rotatable bonds is 6. The van der Waals surface area contributed by atoms with E-state index in [9.17, 15) is 9.59 Å². The molecule has 2 N–H and O–H groups in total. The third kappa shape index (κ3) is 4.47. The van der Waals surface area contributed by atoms with Gasteiger partial charge in [-0.1, -0.05) is 18.2 Å². The Kier molecular flexibility index (Phi) is 5.48. The first-order valence-corrected chi connectivity index (χ1v) is 8.74. The second kappa shape index (κ2) is 7.96. The number of carboxylic acids is 1. The molecule has 1 aliphatic carbocycles. The predicted octanol–water partition coefficient (Wildman–Crippen LogP) is 2.42. The number of benzene rings is 1. The molecule has 0 saturated heterocycles. The van der Waals surface area contributed by atoms with Crippen LogP contribution in [-0.4, -0.2) is 33.3 Å². The molecule has 1 heterocycles. The molecule has 6 heteroatoms. The molecule has 0 atom stereocenters. The van der Waals surface area contributed by atoms with Gasteiger partial charge in [-0.05, 0) is 43.9 Å². The van der Waals surface area contributed by atoms with Crippen molar-refractivity contribution in [3.63, 3.8) is 0 Å². The topological polar surface area (TPSA) is 84.2 Å². The van der Waals surface area contributed by atoms with Crippen LogP contribution in [0.15, 0.2) is 42.6 Å². The Labute approximate surface area is 146 Å². The van der Waals surface area contributed by atoms with Crippen molar-refractivity contribution in [2.75, 3.05) is 6.54 Å². The highest BCUT2D eigenvalue weighted by Gasteiger charge is 2.29. The summed E-state index contributed by atoms with van der Waals surface area (Å²) < 4.78 is 1.82. The van der Waals surface area contributed by atoms with Gasteiger partial charge in [-0.2, -0.15) is 5.10 Å². The fourth-order valence-corrected chi connectivity index (χ4v) is 3.28. The Morgan fingerprint density at radius 3 is 2.44 bits per heavy atom. The summed E-state index contributed by atoms with van der Waals surface area (Å²) in [7, 11) is 0. The normalized spacial score (nSPS) is 20.2. The molecule has 1 fully saturated rings. The molecule has 1 saturated carbocycles. The van der Waals surface area contributed by atoms with Crippen molar-refractivity contribution >= 4 is 11.9 Å². The molecule has 1 aliphatic rings. The van der Waals surface area contributed by atoms with Gasteiger partial charge in [0.05, 0.1) is 17.3 Å². The highest BCUT2D eigenvalue weighted by molar-refractivity contribution is 5.79. The van der Waals surface area contributed by atoms with Gasteiger partial charge in [-0.25, -0.2) is 4.68 Å². The molecular weight excluding hydrogens is 318 g/mol. The zero-order valence-corrected chi connectivity index (χ0v) is 14.1. The van der Waals surface area contributed by atoms with Crippen LogP contribution >= 0.6 is 0 Å². The van der Waals surface area contributed by atoms with Gasteiger partial charge in [0.2, 0.25) is 5.91 Å². The standard InChI is InChI=1S/C19H23N3O3/c23-18(14-6-8-15(9-7-14)19(24)25)20-12-10-16-11-13-22(21-16)17-4-2-1-3-5-17/h1-5,11,13-15H,6-10,12H2,(H,20,23)(H,24,25). The number of hydrogen-bond acceptors (Lipinski definition) is 3. The molecule has 0 unspecified atom stereocenters. The number of carbonyl (C=O) groups is 2. The first kappa shape index (κ1) is 17.2. The van der Waals surface area contributed by atoms with Gasteiger partial charge in [0.25, 0.3) is 0 Å². The van der Waals surface area contributed by atoms with Crippen molar-refractivity contribution in [1.82, 2.24) is 15.1 Å². The van der Waals surface area contributed by atoms with Crippen LogP contribution in [-0.2, 0) is 16.0 Å². The molecule has 1 aromatic carbocycles. The fraction of sp³-hybridized carbons (Fsp3) is 0.421. The van der Waals surface area contributed by atoms with Crippen LogP contribution in [0.3, 0.4) is 0 Å². The van der Waals surface area contributed by atoms with Crippen LogP contribution in [0.5, 0.6) is 0 Å². The number of carbonyl (C=O) groups excluding carboxylic acids is 1. The molecule has 0 aliphatic heterocycles. The summed E-state index contributed by atoms with van der Waals surface area (Å²) in [4.78, 5) is 23.2. The summed E-state index contributed by atoms with van der Waals surface area (Å²) >= 11 is 0. The largest absolute Gasteiger partial charge is 0.481 e. The van der Waals surface area contributed by atoms with Gasteiger partial charge in [0.1, 0.15) is 0 Å². The number of hydrogen-bond donors (Lipinski definition) is 2. The van der Waals surface area contributed by atoms with Crippen LogP contribution < -0.4 is 5.32 Å². The van der Waals surface area contributed by atoms with E-state index in [-0.39, 0.29) is 17.7 Å². The zero-order chi connectivity index (χ0) is 17.6. The fourth-order valence-electron chi connectivity index (χ4n) is 3.28. The van der Waals surface area contributed by atoms with Gasteiger partial charge in [-0.15, -0.1) is 0 Å². The molecule has 25 heavy (non-hydrogen) atoms. The van der Waals surface area contributed by atoms with E-state index >= 15 is 0 Å². The third-order valence-corrected chi connectivity index (χ3v) is 4.79. The van der Waals surface area contributed by atoms with Crippen molar-refractivity contribution < 1.29 is 14.7 Å². The van der Waals surface area contributed by atoms with Crippen LogP contribution in [0.1, 0.15) is 31.4 Å². The monoisotopic (exact) mass is 341 g/mol. The number of nitrogens with one attached hydrogen (secondary N) is 1. The first-order valence-electron chi connectivity index (χ1n) is 8.74. The second-order valence-corrected chi connectivity index (χ2v) is 6.52. The lowest BCUT2D eigenvalue weighted by Gasteiger charge is -2.25. The molecule has 0 bridgehead atoms. The lowest BCUT2D eigenvalue weighted by atomic mass is 9.81. The molecule has 3 rings (SSSR count). The van der Waals surface area contributed by atoms with E-state index in [0.29, 0.717) is 38.6 Å². The summed E-state index contributed by atoms with van der Waals surface area (Å²) in [6.07, 6.45) is 5.09. The zero-order valence-electron chi connectivity index (χ0n) is 14.1. The molecule has 1 aromatic heterocycles. The van der Waals surface area contributed by atoms with E-state index in [0.717, 1.165) is 11.4 Å². The van der Waals surface area contributed by atoms with Gasteiger partial charge in [0, 0.05) is 25.1 Å². The van der Waals surface area contributed by atoms with Crippen molar-refractivity contribution in [3.8, 4) is 5.69 Å². The number of nitrogens with zero attached hydrogens (tertiary/aromatic N) is 2. The number of amides is 1. The molecule has 6 nitrogen and oxygen atoms in total. The summed E-state index contributed by atoms with van der Waals surface area (Å²) in [5.74, 6) is -1.05. The van der Waals surface area contributed by atoms with E-state index in [1.165, 1.54) is 0 Å². The van der Waals surface area contributed by atoms with Gasteiger partial charge < -0.3 is 10.4 Å². The second-order valence-electron chi connectivity index (χ2n) is 6.52. The Hall–Kier alpha value is -2.63. The summed E-state index contributed by atoms with van der Waals surface area (Å²) in [5.41, 5.74) is 1.94. The molecular formula is C19H23N3O3. The number of aliphatic carboxylic acids is 1. The van der Waals surface area contributed by atoms with Crippen LogP contribution in [0.25, 0.3) is 5.69 Å². The highest BCUT2D eigenvalue weighted by Crippen LogP contribution is 2.28. The lowest BCUT2D eigenvalue weighted by molar-refractivity contribution is -0.144. The van der Waals surface area contributed by atoms with Crippen LogP contribution in [0, 0.1) is 11.8 Å². The van der Waals surface area contributed by atoms with Crippen molar-refractivity contribution in [3.05, 3.63) is 48.3 Å². The van der Waals surface area contributed by atoms with E-state index < -0.39 is 5.97 Å². The van der Waals surface area contributed by atoms with Crippen molar-refractivity contribution in [1.29, 1.82) is 0 Å². The highest BCUT2D eigenvalue weighted by atomic mass is 16.4. The average molecular weight is 341 g/mol. The van der Waals surface area contributed by atoms with E-state index in [1.54, 1.807) is 0 Å². The smallest absolute Gasteiger partial charge is 0.306 e. The Morgan fingerprint density at radius 1 is 1.08 bits per heavy atom. The molecule has 2 aromatic rings. The predicted molar refractivity (Wildman–Crippen MR) is 93.4 cm³/mol. The number of para-hydroxylation sites is 1. The van der Waals surface area contributed by atoms with E-state index in [4.69, 9.17) is 5.11 Å². The van der Waals surface area contributed by atoms with Gasteiger partial charge >= 0.3 is 5.97 Å². The van der Waals surface area contributed by atoms with E-state index in [1.807, 2.05) is 47.3 Å². The van der Waals surface area contributed by atoms with Crippen LogP contribution in [0.2, 0.25) is 0 Å². The van der Waals surface area contributed by atoms with Gasteiger partial charge in [-0.3, -0.25) is 9.59 Å². The summed E-state index contributed by atoms with van der Waals surface area (Å²) in [5, 5.41) is 16.5. The minimum absolute atomic E-state index is 0.0336. The maximum atomic E-state index is 12.2. The Morgan fingerprint density at radius 2 is 1.76 bits per heavy atom. The van der Waals surface area contributed by atoms with E-state index in [2.05, 4.69) is 10.4 Å². The maximum Gasteiger partial charge on any atom is 0.306 e. The molecule has 0 radical (unpaired) electrons. The Bertz CT molecular complexity index is 719. The number of aromatic nitrogens is 2. The minimum atomic E-state index is -0.743. The molecule has 1 amide bonds. The van der Waals surface area contributed by atoms with Crippen LogP contribution in [0.4, 0.5) is 0 Å². The van der Waals surface area contributed by atoms with Crippen molar-refractivity contribution in [2.24, 2.45) is 11.8 Å². The Balaban J connectivity index is 1.43. The quantitative estimate of drug-likeness (QED) is 0.845. The maximum absolute atomic E-state index is 12.2. The average Bonchev–Trinajstić information content (AvgIpc) is 3.11. The summed E-state index contributed by atoms with van der Waals surface area (Å²) in [6.45, 7) is 0.545. The SMILES string of the molecule is O=C(O)C1CCC(C(=O)NCCc2ccn(-c3ccccc3)n2)CC1. The molecule has 132 valence electrons.